The first-order valence-electron chi connectivity index (χ1n) is 11.4. The van der Waals surface area contributed by atoms with E-state index in [1.165, 1.54) is 0 Å². The van der Waals surface area contributed by atoms with Gasteiger partial charge < -0.3 is 20.1 Å². The maximum Gasteiger partial charge on any atom is 0.229 e. The number of likely N-dealkylation sites (N-methyl/N-ethyl adjacent to an activating group) is 1. The second-order valence-corrected chi connectivity index (χ2v) is 12.9. The Labute approximate surface area is 211 Å². The number of fused-ring (bicyclic) bond motifs is 1. The normalized spacial score (nSPS) is 11.9. The number of rotatable bonds is 8. The van der Waals surface area contributed by atoms with Gasteiger partial charge in [0.15, 0.2) is 5.82 Å². The van der Waals surface area contributed by atoms with Crippen LogP contribution in [0, 0.1) is 13.8 Å². The van der Waals surface area contributed by atoms with Gasteiger partial charge in [0.05, 0.1) is 23.9 Å². The van der Waals surface area contributed by atoms with E-state index in [-0.39, 0.29) is 0 Å². The molecule has 0 aliphatic rings. The zero-order valence-electron chi connectivity index (χ0n) is 20.9. The molecule has 0 fully saturated rings. The Hall–Kier alpha value is -2.93. The number of aryl methyl sites for hydroxylation is 1. The van der Waals surface area contributed by atoms with Gasteiger partial charge in [-0.15, -0.1) is 0 Å². The van der Waals surface area contributed by atoms with Crippen molar-refractivity contribution in [3.63, 3.8) is 0 Å². The molecule has 0 amide bonds. The Balaban J connectivity index is 1.59. The average molecular weight is 512 g/mol. The molecule has 2 aromatic carbocycles. The van der Waals surface area contributed by atoms with Crippen LogP contribution in [0.25, 0.3) is 10.9 Å². The molecule has 0 saturated heterocycles. The van der Waals surface area contributed by atoms with Crippen LogP contribution in [-0.2, 0) is 11.1 Å². The Morgan fingerprint density at radius 3 is 2.60 bits per heavy atom. The third kappa shape index (κ3) is 5.84. The summed E-state index contributed by atoms with van der Waals surface area (Å²) in [6.45, 7) is 9.28. The van der Waals surface area contributed by atoms with Crippen LogP contribution in [0.4, 0.5) is 23.1 Å². The van der Waals surface area contributed by atoms with E-state index in [0.29, 0.717) is 16.8 Å². The molecule has 10 heteroatoms. The monoisotopic (exact) mass is 511 g/mol. The highest BCUT2D eigenvalue weighted by atomic mass is 35.5. The van der Waals surface area contributed by atoms with E-state index in [0.717, 1.165) is 51.8 Å². The van der Waals surface area contributed by atoms with Crippen molar-refractivity contribution < 1.29 is 4.57 Å². The summed E-state index contributed by atoms with van der Waals surface area (Å²) in [6.07, 6.45) is 3.59. The van der Waals surface area contributed by atoms with Crippen LogP contribution >= 0.6 is 18.7 Å². The van der Waals surface area contributed by atoms with Crippen molar-refractivity contribution in [2.75, 3.05) is 44.6 Å². The molecule has 0 aliphatic heterocycles. The van der Waals surface area contributed by atoms with Crippen LogP contribution in [0.3, 0.4) is 0 Å². The zero-order chi connectivity index (χ0) is 25.3. The molecule has 0 bridgehead atoms. The highest BCUT2D eigenvalue weighted by molar-refractivity contribution is 7.70. The fourth-order valence-corrected chi connectivity index (χ4v) is 5.76. The fraction of sp³-hybridized carbons (Fsp3) is 0.320. The minimum absolute atomic E-state index is 0.372. The number of hydrogen-bond acceptors (Lipinski definition) is 7. The first kappa shape index (κ1) is 25.2. The van der Waals surface area contributed by atoms with Crippen molar-refractivity contribution >= 4 is 58.1 Å². The maximum absolute atomic E-state index is 13.0. The number of aromatic nitrogens is 4. The van der Waals surface area contributed by atoms with Crippen LogP contribution in [0.5, 0.6) is 0 Å². The molecular formula is C25H31ClN7OP. The Morgan fingerprint density at radius 2 is 1.89 bits per heavy atom. The molecule has 2 heterocycles. The lowest BCUT2D eigenvalue weighted by Crippen LogP contribution is -2.18. The molecular weight excluding hydrogens is 481 g/mol. The highest BCUT2D eigenvalue weighted by Gasteiger charge is 2.21. The molecule has 0 spiro atoms. The van der Waals surface area contributed by atoms with Gasteiger partial charge in [0.25, 0.3) is 0 Å². The summed E-state index contributed by atoms with van der Waals surface area (Å²) in [7, 11) is 1.54. The zero-order valence-corrected chi connectivity index (χ0v) is 22.6. The lowest BCUT2D eigenvalue weighted by atomic mass is 10.1. The second kappa shape index (κ2) is 9.97. The van der Waals surface area contributed by atoms with Gasteiger partial charge in [-0.25, -0.2) is 4.98 Å². The van der Waals surface area contributed by atoms with Crippen molar-refractivity contribution in [2.45, 2.75) is 20.4 Å². The molecule has 8 nitrogen and oxygen atoms in total. The van der Waals surface area contributed by atoms with Crippen LogP contribution in [0.1, 0.15) is 11.1 Å². The van der Waals surface area contributed by atoms with Gasteiger partial charge in [-0.05, 0) is 76.7 Å². The molecule has 0 radical (unpaired) electrons. The van der Waals surface area contributed by atoms with E-state index in [9.17, 15) is 4.57 Å². The molecule has 0 atom stereocenters. The molecule has 0 saturated carbocycles. The topological polar surface area (TPSA) is 88.0 Å². The predicted molar refractivity (Wildman–Crippen MR) is 147 cm³/mol. The van der Waals surface area contributed by atoms with Gasteiger partial charge in [-0.3, -0.25) is 4.68 Å². The summed E-state index contributed by atoms with van der Waals surface area (Å²) >= 11 is 6.42. The van der Waals surface area contributed by atoms with Crippen molar-refractivity contribution in [1.82, 2.24) is 24.6 Å². The Morgan fingerprint density at radius 1 is 1.11 bits per heavy atom. The predicted octanol–water partition coefficient (Wildman–Crippen LogP) is 5.39. The van der Waals surface area contributed by atoms with E-state index >= 15 is 0 Å². The van der Waals surface area contributed by atoms with Crippen LogP contribution in [0.2, 0.25) is 5.02 Å². The molecule has 0 aliphatic carbocycles. The maximum atomic E-state index is 13.0. The fourth-order valence-electron chi connectivity index (χ4n) is 3.93. The largest absolute Gasteiger partial charge is 0.338 e. The van der Waals surface area contributed by atoms with Gasteiger partial charge in [0, 0.05) is 29.1 Å². The molecule has 0 unspecified atom stereocenters. The van der Waals surface area contributed by atoms with E-state index in [1.807, 2.05) is 69.2 Å². The third-order valence-corrected chi connectivity index (χ3v) is 7.75. The van der Waals surface area contributed by atoms with E-state index in [4.69, 9.17) is 11.6 Å². The Kier molecular flexibility index (Phi) is 7.17. The summed E-state index contributed by atoms with van der Waals surface area (Å²) in [5.74, 6) is 0.834. The quantitative estimate of drug-likeness (QED) is 0.306. The van der Waals surface area contributed by atoms with E-state index in [2.05, 4.69) is 30.6 Å². The third-order valence-electron chi connectivity index (χ3n) is 5.82. The van der Waals surface area contributed by atoms with Crippen molar-refractivity contribution in [1.29, 1.82) is 0 Å². The SMILES string of the molecule is Cc1ccc(Nc2nc(Nc3ccc4cn(CCN(C)C)nc4c3)ncc2Cl)c(P(C)(C)=O)c1C. The molecule has 184 valence electrons. The molecule has 2 aromatic heterocycles. The van der Waals surface area contributed by atoms with Crippen LogP contribution in [-0.4, -0.2) is 58.6 Å². The first-order chi connectivity index (χ1) is 16.5. The lowest BCUT2D eigenvalue weighted by Gasteiger charge is -2.19. The molecule has 35 heavy (non-hydrogen) atoms. The van der Waals surface area contributed by atoms with Gasteiger partial charge in [-0.2, -0.15) is 10.1 Å². The highest BCUT2D eigenvalue weighted by Crippen LogP contribution is 2.41. The summed E-state index contributed by atoms with van der Waals surface area (Å²) < 4.78 is 15.0. The second-order valence-electron chi connectivity index (χ2n) is 9.36. The van der Waals surface area contributed by atoms with Crippen LogP contribution < -0.4 is 15.9 Å². The van der Waals surface area contributed by atoms with Crippen molar-refractivity contribution in [3.05, 3.63) is 58.9 Å². The van der Waals surface area contributed by atoms with E-state index < -0.39 is 7.14 Å². The summed E-state index contributed by atoms with van der Waals surface area (Å²) in [6, 6.07) is 9.88. The standard InChI is InChI=1S/C25H31ClN7OP/c1-16-7-10-21(23(17(16)2)35(5,6)34)29-24-20(26)14-27-25(30-24)28-19-9-8-18-15-33(12-11-32(3)4)31-22(18)13-19/h7-10,13-15H,11-12H2,1-6H3,(H2,27,28,29,30). The molecule has 2 N–H and O–H groups in total. The number of benzene rings is 2. The summed E-state index contributed by atoms with van der Waals surface area (Å²) in [5.41, 5.74) is 4.54. The van der Waals surface area contributed by atoms with E-state index in [1.54, 1.807) is 19.5 Å². The molecule has 4 aromatic rings. The minimum Gasteiger partial charge on any atom is -0.338 e. The number of nitrogens with one attached hydrogen (secondary N) is 2. The number of hydrogen-bond donors (Lipinski definition) is 2. The number of anilines is 4. The smallest absolute Gasteiger partial charge is 0.229 e. The van der Waals surface area contributed by atoms with Crippen molar-refractivity contribution in [2.24, 2.45) is 0 Å². The van der Waals surface area contributed by atoms with Gasteiger partial charge >= 0.3 is 0 Å². The van der Waals surface area contributed by atoms with Crippen molar-refractivity contribution in [3.8, 4) is 0 Å². The Bertz CT molecular complexity index is 1430. The average Bonchev–Trinajstić information content (AvgIpc) is 3.18. The van der Waals surface area contributed by atoms with Gasteiger partial charge in [0.2, 0.25) is 5.95 Å². The summed E-state index contributed by atoms with van der Waals surface area (Å²) in [4.78, 5) is 11.0. The van der Waals surface area contributed by atoms with Gasteiger partial charge in [-0.1, -0.05) is 17.7 Å². The number of nitrogens with zero attached hydrogens (tertiary/aromatic N) is 5. The first-order valence-corrected chi connectivity index (χ1v) is 14.3. The molecule has 4 rings (SSSR count). The number of halogens is 1. The minimum atomic E-state index is -2.55. The van der Waals surface area contributed by atoms with Crippen LogP contribution in [0.15, 0.2) is 42.7 Å². The van der Waals surface area contributed by atoms with Gasteiger partial charge in [0.1, 0.15) is 12.2 Å². The lowest BCUT2D eigenvalue weighted by molar-refractivity contribution is 0.374. The summed E-state index contributed by atoms with van der Waals surface area (Å²) in [5, 5.41) is 13.4.